The number of aliphatic hydroxyl groups is 1. The van der Waals surface area contributed by atoms with Gasteiger partial charge in [0.15, 0.2) is 0 Å². The van der Waals surface area contributed by atoms with Gasteiger partial charge in [-0.3, -0.25) is 4.79 Å². The summed E-state index contributed by atoms with van der Waals surface area (Å²) in [5.41, 5.74) is 4.74. The Hall–Kier alpha value is -1.66. The van der Waals surface area contributed by atoms with E-state index in [1.165, 1.54) is 12.1 Å². The van der Waals surface area contributed by atoms with Gasteiger partial charge in [0.2, 0.25) is 0 Å². The van der Waals surface area contributed by atoms with Crippen LogP contribution in [0.1, 0.15) is 23.2 Å². The lowest BCUT2D eigenvalue weighted by Crippen LogP contribution is -2.46. The molecule has 104 valence electrons. The Balaban J connectivity index is 1.99. The van der Waals surface area contributed by atoms with Crippen LogP contribution in [0.15, 0.2) is 18.2 Å². The third kappa shape index (κ3) is 3.42. The van der Waals surface area contributed by atoms with Gasteiger partial charge in [-0.2, -0.15) is 0 Å². The summed E-state index contributed by atoms with van der Waals surface area (Å²) in [5, 5.41) is 12.7. The topological polar surface area (TPSA) is 84.6 Å². The monoisotopic (exact) mass is 268 g/mol. The van der Waals surface area contributed by atoms with Crippen molar-refractivity contribution in [3.8, 4) is 0 Å². The Bertz CT molecular complexity index is 473. The zero-order chi connectivity index (χ0) is 13.9. The average molecular weight is 268 g/mol. The molecule has 0 saturated carbocycles. The van der Waals surface area contributed by atoms with Crippen LogP contribution in [-0.2, 0) is 4.74 Å². The van der Waals surface area contributed by atoms with Crippen molar-refractivity contribution in [1.29, 1.82) is 0 Å². The van der Waals surface area contributed by atoms with E-state index in [9.17, 15) is 14.3 Å². The highest BCUT2D eigenvalue weighted by molar-refractivity contribution is 5.95. The smallest absolute Gasteiger partial charge is 0.254 e. The van der Waals surface area contributed by atoms with Gasteiger partial charge in [0.05, 0.1) is 11.2 Å². The van der Waals surface area contributed by atoms with E-state index in [1.54, 1.807) is 0 Å². The third-order valence-corrected chi connectivity index (χ3v) is 3.24. The molecule has 1 aromatic carbocycles. The number of hydrogen-bond donors (Lipinski definition) is 3. The van der Waals surface area contributed by atoms with E-state index in [0.29, 0.717) is 31.7 Å². The molecule has 1 fully saturated rings. The SMILES string of the molecule is Nc1ccc(F)c(C(=O)NCC2(O)CCOCC2)c1. The molecule has 5 nitrogen and oxygen atoms in total. The van der Waals surface area contributed by atoms with E-state index >= 15 is 0 Å². The average Bonchev–Trinajstić information content (AvgIpc) is 2.40. The largest absolute Gasteiger partial charge is 0.399 e. The molecular weight excluding hydrogens is 251 g/mol. The van der Waals surface area contributed by atoms with Crippen LogP contribution in [0.2, 0.25) is 0 Å². The van der Waals surface area contributed by atoms with Gasteiger partial charge < -0.3 is 20.9 Å². The lowest BCUT2D eigenvalue weighted by Gasteiger charge is -2.32. The van der Waals surface area contributed by atoms with Crippen LogP contribution in [0.5, 0.6) is 0 Å². The van der Waals surface area contributed by atoms with Crippen LogP contribution in [0.25, 0.3) is 0 Å². The molecule has 0 unspecified atom stereocenters. The number of benzene rings is 1. The van der Waals surface area contributed by atoms with Gasteiger partial charge in [-0.1, -0.05) is 0 Å². The van der Waals surface area contributed by atoms with Gasteiger partial charge in [0.1, 0.15) is 5.82 Å². The van der Waals surface area contributed by atoms with Crippen molar-refractivity contribution in [3.05, 3.63) is 29.6 Å². The van der Waals surface area contributed by atoms with Gasteiger partial charge in [0, 0.05) is 38.3 Å². The first-order valence-electron chi connectivity index (χ1n) is 6.13. The van der Waals surface area contributed by atoms with E-state index in [1.807, 2.05) is 0 Å². The van der Waals surface area contributed by atoms with Crippen molar-refractivity contribution in [2.24, 2.45) is 0 Å². The quantitative estimate of drug-likeness (QED) is 0.704. The Morgan fingerprint density at radius 2 is 2.16 bits per heavy atom. The van der Waals surface area contributed by atoms with E-state index < -0.39 is 17.3 Å². The summed E-state index contributed by atoms with van der Waals surface area (Å²) in [7, 11) is 0. The van der Waals surface area contributed by atoms with Crippen molar-refractivity contribution in [1.82, 2.24) is 5.32 Å². The Kier molecular flexibility index (Phi) is 4.01. The fraction of sp³-hybridized carbons (Fsp3) is 0.462. The van der Waals surface area contributed by atoms with Crippen molar-refractivity contribution < 1.29 is 19.0 Å². The van der Waals surface area contributed by atoms with E-state index in [0.717, 1.165) is 6.07 Å². The normalized spacial score (nSPS) is 18.0. The predicted molar refractivity (Wildman–Crippen MR) is 68.1 cm³/mol. The standard InChI is InChI=1S/C13H17FN2O3/c14-11-2-1-9(15)7-10(11)12(17)16-8-13(18)3-5-19-6-4-13/h1-2,7,18H,3-6,8,15H2,(H,16,17). The maximum absolute atomic E-state index is 13.5. The van der Waals surface area contributed by atoms with Crippen LogP contribution in [0, 0.1) is 5.82 Å². The number of nitrogens with two attached hydrogens (primary N) is 1. The molecule has 0 aromatic heterocycles. The molecule has 0 spiro atoms. The van der Waals surface area contributed by atoms with Crippen LogP contribution in [0.4, 0.5) is 10.1 Å². The van der Waals surface area contributed by atoms with Crippen molar-refractivity contribution >= 4 is 11.6 Å². The number of carbonyl (C=O) groups is 1. The molecule has 2 rings (SSSR count). The second kappa shape index (κ2) is 5.54. The van der Waals surface area contributed by atoms with Gasteiger partial charge in [-0.25, -0.2) is 4.39 Å². The molecule has 19 heavy (non-hydrogen) atoms. The van der Waals surface area contributed by atoms with Gasteiger partial charge >= 0.3 is 0 Å². The maximum atomic E-state index is 13.5. The first kappa shape index (κ1) is 13.8. The summed E-state index contributed by atoms with van der Waals surface area (Å²) in [6.45, 7) is 0.988. The van der Waals surface area contributed by atoms with E-state index in [2.05, 4.69) is 5.32 Å². The molecule has 4 N–H and O–H groups in total. The summed E-state index contributed by atoms with van der Waals surface area (Å²) in [5.74, 6) is -1.21. The molecule has 0 radical (unpaired) electrons. The molecule has 0 aliphatic carbocycles. The number of halogens is 1. The number of nitrogen functional groups attached to an aromatic ring is 1. The molecular formula is C13H17FN2O3. The molecule has 1 aliphatic rings. The second-order valence-corrected chi connectivity index (χ2v) is 4.76. The highest BCUT2D eigenvalue weighted by Crippen LogP contribution is 2.19. The van der Waals surface area contributed by atoms with Crippen LogP contribution in [-0.4, -0.2) is 36.4 Å². The summed E-state index contributed by atoms with van der Waals surface area (Å²) >= 11 is 0. The predicted octanol–water partition coefficient (Wildman–Crippen LogP) is 0.679. The third-order valence-electron chi connectivity index (χ3n) is 3.24. The summed E-state index contributed by atoms with van der Waals surface area (Å²) < 4.78 is 18.6. The molecule has 0 bridgehead atoms. The summed E-state index contributed by atoms with van der Waals surface area (Å²) in [6, 6.07) is 3.81. The zero-order valence-electron chi connectivity index (χ0n) is 10.5. The van der Waals surface area contributed by atoms with Crippen LogP contribution in [0.3, 0.4) is 0 Å². The number of rotatable bonds is 3. The Morgan fingerprint density at radius 3 is 2.84 bits per heavy atom. The Labute approximate surface area is 110 Å². The number of carbonyl (C=O) groups excluding carboxylic acids is 1. The number of anilines is 1. The van der Waals surface area contributed by atoms with Crippen LogP contribution < -0.4 is 11.1 Å². The van der Waals surface area contributed by atoms with Gasteiger partial charge in [-0.05, 0) is 18.2 Å². The van der Waals surface area contributed by atoms with Gasteiger partial charge in [0.25, 0.3) is 5.91 Å². The highest BCUT2D eigenvalue weighted by Gasteiger charge is 2.30. The van der Waals surface area contributed by atoms with E-state index in [4.69, 9.17) is 10.5 Å². The fourth-order valence-electron chi connectivity index (χ4n) is 1.99. The molecule has 1 aliphatic heterocycles. The maximum Gasteiger partial charge on any atom is 0.254 e. The highest BCUT2D eigenvalue weighted by atomic mass is 19.1. The molecule has 6 heteroatoms. The second-order valence-electron chi connectivity index (χ2n) is 4.76. The van der Waals surface area contributed by atoms with Crippen molar-refractivity contribution in [2.45, 2.75) is 18.4 Å². The summed E-state index contributed by atoms with van der Waals surface area (Å²) in [6.07, 6.45) is 0.902. The van der Waals surface area contributed by atoms with Crippen LogP contribution >= 0.6 is 0 Å². The number of nitrogens with one attached hydrogen (secondary N) is 1. The first-order valence-corrected chi connectivity index (χ1v) is 6.13. The molecule has 0 atom stereocenters. The number of amides is 1. The minimum absolute atomic E-state index is 0.0728. The zero-order valence-corrected chi connectivity index (χ0v) is 10.5. The van der Waals surface area contributed by atoms with E-state index in [-0.39, 0.29) is 12.1 Å². The lowest BCUT2D eigenvalue weighted by atomic mass is 9.94. The fourth-order valence-corrected chi connectivity index (χ4v) is 1.99. The molecule has 1 amide bonds. The summed E-state index contributed by atoms with van der Waals surface area (Å²) in [4.78, 5) is 11.9. The Morgan fingerprint density at radius 1 is 1.47 bits per heavy atom. The minimum atomic E-state index is -0.981. The van der Waals surface area contributed by atoms with Gasteiger partial charge in [-0.15, -0.1) is 0 Å². The van der Waals surface area contributed by atoms with Crippen molar-refractivity contribution in [2.75, 3.05) is 25.5 Å². The molecule has 1 saturated heterocycles. The molecule has 1 aromatic rings. The first-order chi connectivity index (χ1) is 9.00. The number of ether oxygens (including phenoxy) is 1. The lowest BCUT2D eigenvalue weighted by molar-refractivity contribution is -0.0605. The van der Waals surface area contributed by atoms with Crippen molar-refractivity contribution in [3.63, 3.8) is 0 Å². The minimum Gasteiger partial charge on any atom is -0.399 e. The number of hydrogen-bond acceptors (Lipinski definition) is 4. The molecule has 1 heterocycles.